The van der Waals surface area contributed by atoms with Gasteiger partial charge in [0.15, 0.2) is 0 Å². The van der Waals surface area contributed by atoms with Crippen LogP contribution in [0.25, 0.3) is 6.08 Å². The van der Waals surface area contributed by atoms with E-state index in [4.69, 9.17) is 4.74 Å². The summed E-state index contributed by atoms with van der Waals surface area (Å²) in [7, 11) is -4.19. The summed E-state index contributed by atoms with van der Waals surface area (Å²) in [5.41, 5.74) is 0.834. The number of sulfonamides is 1. The predicted molar refractivity (Wildman–Crippen MR) is 89.3 cm³/mol. The fourth-order valence-corrected chi connectivity index (χ4v) is 3.04. The highest BCUT2D eigenvalue weighted by atomic mass is 32.2. The van der Waals surface area contributed by atoms with E-state index >= 15 is 0 Å². The van der Waals surface area contributed by atoms with Gasteiger partial charge in [-0.2, -0.15) is 0 Å². The average Bonchev–Trinajstić information content (AvgIpc) is 2.54. The normalized spacial score (nSPS) is 11.5. The number of nitrogens with one attached hydrogen (secondary N) is 1. The summed E-state index contributed by atoms with van der Waals surface area (Å²) in [6.45, 7) is 1.96. The lowest BCUT2D eigenvalue weighted by Gasteiger charge is -2.09. The molecule has 0 saturated heterocycles. The lowest BCUT2D eigenvalue weighted by molar-refractivity contribution is -0.137. The first-order chi connectivity index (χ1) is 11.8. The van der Waals surface area contributed by atoms with Crippen LogP contribution in [0, 0.1) is 11.6 Å². The monoisotopic (exact) mass is 367 g/mol. The Labute approximate surface area is 144 Å². The Morgan fingerprint density at radius 3 is 2.44 bits per heavy atom. The quantitative estimate of drug-likeness (QED) is 0.628. The highest BCUT2D eigenvalue weighted by Gasteiger charge is 2.19. The van der Waals surface area contributed by atoms with Crippen molar-refractivity contribution in [3.8, 4) is 0 Å². The molecule has 2 rings (SSSR count). The van der Waals surface area contributed by atoms with Crippen LogP contribution in [0.4, 0.5) is 14.5 Å². The van der Waals surface area contributed by atoms with Crippen LogP contribution in [-0.4, -0.2) is 21.0 Å². The van der Waals surface area contributed by atoms with Gasteiger partial charge in [0.2, 0.25) is 0 Å². The van der Waals surface area contributed by atoms with Crippen molar-refractivity contribution < 1.29 is 26.7 Å². The number of carbonyl (C=O) groups is 1. The lowest BCUT2D eigenvalue weighted by Crippen LogP contribution is -2.14. The van der Waals surface area contributed by atoms with Crippen molar-refractivity contribution in [2.24, 2.45) is 0 Å². The molecule has 0 spiro atoms. The molecule has 0 radical (unpaired) electrons. The first kappa shape index (κ1) is 18.6. The van der Waals surface area contributed by atoms with Crippen LogP contribution in [0.1, 0.15) is 12.5 Å². The molecule has 1 N–H and O–H groups in total. The second-order valence-corrected chi connectivity index (χ2v) is 6.54. The van der Waals surface area contributed by atoms with Crippen LogP contribution in [0.15, 0.2) is 53.4 Å². The van der Waals surface area contributed by atoms with Crippen LogP contribution in [-0.2, 0) is 19.6 Å². The Balaban J connectivity index is 2.13. The molecule has 0 atom stereocenters. The second-order valence-electron chi connectivity index (χ2n) is 4.89. The highest BCUT2D eigenvalue weighted by molar-refractivity contribution is 7.92. The van der Waals surface area contributed by atoms with Gasteiger partial charge >= 0.3 is 5.97 Å². The molecule has 5 nitrogen and oxygen atoms in total. The summed E-state index contributed by atoms with van der Waals surface area (Å²) >= 11 is 0. The molecule has 0 fully saturated rings. The van der Waals surface area contributed by atoms with E-state index in [2.05, 4.69) is 4.72 Å². The Bertz CT molecular complexity index is 893. The minimum Gasteiger partial charge on any atom is -0.463 e. The third kappa shape index (κ3) is 5.12. The molecule has 132 valence electrons. The van der Waals surface area contributed by atoms with Crippen molar-refractivity contribution in [1.82, 2.24) is 0 Å². The highest BCUT2D eigenvalue weighted by Crippen LogP contribution is 2.20. The SMILES string of the molecule is CCOC(=O)C=Cc1ccc(NS(=O)(=O)c2ccc(F)cc2F)cc1. The van der Waals surface area contributed by atoms with Gasteiger partial charge in [0.05, 0.1) is 6.61 Å². The molecule has 0 aliphatic rings. The molecule has 0 aromatic heterocycles. The number of hydrogen-bond donors (Lipinski definition) is 1. The standard InChI is InChI=1S/C17H15F2NO4S/c1-2-24-17(21)10-5-12-3-7-14(8-4-12)20-25(22,23)16-9-6-13(18)11-15(16)19/h3-11,20H,2H2,1H3. The maximum atomic E-state index is 13.6. The van der Waals surface area contributed by atoms with Crippen molar-refractivity contribution in [2.45, 2.75) is 11.8 Å². The molecule has 0 amide bonds. The van der Waals surface area contributed by atoms with Crippen molar-refractivity contribution in [2.75, 3.05) is 11.3 Å². The molecule has 0 saturated carbocycles. The third-order valence-electron chi connectivity index (χ3n) is 3.04. The summed E-state index contributed by atoms with van der Waals surface area (Å²) in [6.07, 6.45) is 2.76. The number of benzene rings is 2. The van der Waals surface area contributed by atoms with E-state index in [1.807, 2.05) is 0 Å². The number of halogens is 2. The molecule has 0 bridgehead atoms. The first-order valence-electron chi connectivity index (χ1n) is 7.24. The number of ether oxygens (including phenoxy) is 1. The van der Waals surface area contributed by atoms with Gasteiger partial charge in [-0.25, -0.2) is 22.0 Å². The van der Waals surface area contributed by atoms with E-state index in [9.17, 15) is 22.0 Å². The van der Waals surface area contributed by atoms with Gasteiger partial charge in [-0.1, -0.05) is 12.1 Å². The summed E-state index contributed by atoms with van der Waals surface area (Å²) in [5.74, 6) is -2.53. The molecular formula is C17H15F2NO4S. The predicted octanol–water partition coefficient (Wildman–Crippen LogP) is 3.34. The molecule has 0 aliphatic heterocycles. The topological polar surface area (TPSA) is 72.5 Å². The van der Waals surface area contributed by atoms with Crippen molar-refractivity contribution in [3.05, 3.63) is 65.7 Å². The van der Waals surface area contributed by atoms with E-state index in [-0.39, 0.29) is 12.3 Å². The molecule has 0 aliphatic carbocycles. The molecular weight excluding hydrogens is 352 g/mol. The maximum absolute atomic E-state index is 13.6. The lowest BCUT2D eigenvalue weighted by atomic mass is 10.2. The Kier molecular flexibility index (Phi) is 5.87. The number of carbonyl (C=O) groups excluding carboxylic acids is 1. The van der Waals surface area contributed by atoms with Crippen molar-refractivity contribution >= 4 is 27.8 Å². The zero-order chi connectivity index (χ0) is 18.4. The number of esters is 1. The average molecular weight is 367 g/mol. The van der Waals surface area contributed by atoms with Gasteiger partial charge in [-0.3, -0.25) is 4.72 Å². The zero-order valence-corrected chi connectivity index (χ0v) is 14.0. The number of hydrogen-bond acceptors (Lipinski definition) is 4. The van der Waals surface area contributed by atoms with E-state index in [1.165, 1.54) is 24.3 Å². The van der Waals surface area contributed by atoms with Gasteiger partial charge in [0.1, 0.15) is 16.5 Å². The van der Waals surface area contributed by atoms with Crippen LogP contribution in [0.2, 0.25) is 0 Å². The third-order valence-corrected chi connectivity index (χ3v) is 4.46. The molecule has 8 heteroatoms. The molecule has 0 unspecified atom stereocenters. The van der Waals surface area contributed by atoms with Crippen molar-refractivity contribution in [3.63, 3.8) is 0 Å². The number of rotatable bonds is 6. The maximum Gasteiger partial charge on any atom is 0.330 e. The summed E-state index contributed by atoms with van der Waals surface area (Å²) in [6, 6.07) is 8.24. The van der Waals surface area contributed by atoms with E-state index < -0.39 is 32.5 Å². The summed E-state index contributed by atoms with van der Waals surface area (Å²) in [5, 5.41) is 0. The fourth-order valence-electron chi connectivity index (χ4n) is 1.92. The van der Waals surface area contributed by atoms with Crippen molar-refractivity contribution in [1.29, 1.82) is 0 Å². The minimum absolute atomic E-state index is 0.192. The van der Waals surface area contributed by atoms with Gasteiger partial charge in [0, 0.05) is 17.8 Å². The van der Waals surface area contributed by atoms with Crippen LogP contribution in [0.3, 0.4) is 0 Å². The Hall–Kier alpha value is -2.74. The minimum atomic E-state index is -4.19. The Morgan fingerprint density at radius 2 is 1.84 bits per heavy atom. The van der Waals surface area contributed by atoms with Gasteiger partial charge in [-0.15, -0.1) is 0 Å². The number of anilines is 1. The van der Waals surface area contributed by atoms with E-state index in [1.54, 1.807) is 19.1 Å². The van der Waals surface area contributed by atoms with Crippen LogP contribution in [0.5, 0.6) is 0 Å². The van der Waals surface area contributed by atoms with E-state index in [0.717, 1.165) is 12.1 Å². The van der Waals surface area contributed by atoms with Gasteiger partial charge in [-0.05, 0) is 42.8 Å². The summed E-state index contributed by atoms with van der Waals surface area (Å²) < 4.78 is 57.8. The van der Waals surface area contributed by atoms with Gasteiger partial charge in [0.25, 0.3) is 10.0 Å². The first-order valence-corrected chi connectivity index (χ1v) is 8.73. The van der Waals surface area contributed by atoms with E-state index in [0.29, 0.717) is 11.6 Å². The van der Waals surface area contributed by atoms with Crippen LogP contribution < -0.4 is 4.72 Å². The zero-order valence-electron chi connectivity index (χ0n) is 13.2. The molecule has 0 heterocycles. The summed E-state index contributed by atoms with van der Waals surface area (Å²) in [4.78, 5) is 10.6. The molecule has 2 aromatic carbocycles. The largest absolute Gasteiger partial charge is 0.463 e. The van der Waals surface area contributed by atoms with Crippen LogP contribution >= 0.6 is 0 Å². The van der Waals surface area contributed by atoms with Gasteiger partial charge < -0.3 is 4.74 Å². The smallest absolute Gasteiger partial charge is 0.330 e. The second kappa shape index (κ2) is 7.89. The molecule has 2 aromatic rings. The Morgan fingerprint density at radius 1 is 1.16 bits per heavy atom. The molecule has 25 heavy (non-hydrogen) atoms. The fraction of sp³-hybridized carbons (Fsp3) is 0.118.